The highest BCUT2D eigenvalue weighted by Crippen LogP contribution is 1.75. The number of nitrogens with one attached hydrogen (secondary N) is 1. The summed E-state index contributed by atoms with van der Waals surface area (Å²) in [6.07, 6.45) is 6.07. The van der Waals surface area contributed by atoms with Gasteiger partial charge in [-0.2, -0.15) is 5.10 Å². The SMILES string of the molecule is C/C=C/C/C=N/NC(N)=O. The van der Waals surface area contributed by atoms with Gasteiger partial charge in [-0.05, 0) is 6.92 Å². The maximum atomic E-state index is 10.0. The zero-order chi connectivity index (χ0) is 7.82. The predicted octanol–water partition coefficient (Wildman–Crippen LogP) is 0.607. The maximum absolute atomic E-state index is 10.0. The van der Waals surface area contributed by atoms with E-state index >= 15 is 0 Å². The topological polar surface area (TPSA) is 67.5 Å². The lowest BCUT2D eigenvalue weighted by Gasteiger charge is -1.87. The molecular formula is C6H11N3O. The molecule has 2 amide bonds. The Balaban J connectivity index is 3.29. The molecule has 0 aromatic heterocycles. The van der Waals surface area contributed by atoms with Crippen molar-refractivity contribution in [3.05, 3.63) is 12.2 Å². The van der Waals surface area contributed by atoms with Crippen molar-refractivity contribution < 1.29 is 4.79 Å². The van der Waals surface area contributed by atoms with Crippen LogP contribution in [0.3, 0.4) is 0 Å². The Morgan fingerprint density at radius 2 is 2.50 bits per heavy atom. The molecule has 3 N–H and O–H groups in total. The van der Waals surface area contributed by atoms with Crippen molar-refractivity contribution in [1.82, 2.24) is 5.43 Å². The van der Waals surface area contributed by atoms with Crippen LogP contribution in [0.2, 0.25) is 0 Å². The van der Waals surface area contributed by atoms with Gasteiger partial charge in [0.15, 0.2) is 0 Å². The molecule has 0 aliphatic rings. The lowest BCUT2D eigenvalue weighted by atomic mass is 10.4. The van der Waals surface area contributed by atoms with Gasteiger partial charge in [-0.3, -0.25) is 0 Å². The number of hydrazone groups is 1. The molecule has 0 spiro atoms. The average molecular weight is 141 g/mol. The number of allylic oxidation sites excluding steroid dienone is 2. The second-order valence-electron chi connectivity index (χ2n) is 1.59. The largest absolute Gasteiger partial charge is 0.350 e. The Labute approximate surface area is 59.8 Å². The molecule has 0 saturated heterocycles. The molecule has 0 atom stereocenters. The molecule has 0 rings (SSSR count). The molecular weight excluding hydrogens is 130 g/mol. The second kappa shape index (κ2) is 5.81. The van der Waals surface area contributed by atoms with E-state index in [0.29, 0.717) is 6.42 Å². The zero-order valence-electron chi connectivity index (χ0n) is 5.87. The van der Waals surface area contributed by atoms with E-state index in [-0.39, 0.29) is 0 Å². The number of nitrogens with two attached hydrogens (primary N) is 1. The first-order valence-electron chi connectivity index (χ1n) is 2.95. The summed E-state index contributed by atoms with van der Waals surface area (Å²) in [5, 5.41) is 3.51. The van der Waals surface area contributed by atoms with E-state index in [4.69, 9.17) is 5.73 Å². The first kappa shape index (κ1) is 8.68. The highest BCUT2D eigenvalue weighted by atomic mass is 16.2. The molecule has 56 valence electrons. The summed E-state index contributed by atoms with van der Waals surface area (Å²) in [7, 11) is 0. The van der Waals surface area contributed by atoms with E-state index in [1.54, 1.807) is 6.21 Å². The van der Waals surface area contributed by atoms with Crippen LogP contribution >= 0.6 is 0 Å². The number of rotatable bonds is 3. The van der Waals surface area contributed by atoms with Gasteiger partial charge in [0.05, 0.1) is 0 Å². The van der Waals surface area contributed by atoms with E-state index in [0.717, 1.165) is 0 Å². The third-order valence-electron chi connectivity index (χ3n) is 0.743. The molecule has 0 unspecified atom stereocenters. The lowest BCUT2D eigenvalue weighted by molar-refractivity contribution is 0.249. The molecule has 0 bridgehead atoms. The van der Waals surface area contributed by atoms with Gasteiger partial charge in [0.25, 0.3) is 0 Å². The summed E-state index contributed by atoms with van der Waals surface area (Å²) in [5.41, 5.74) is 6.80. The molecule has 4 nitrogen and oxygen atoms in total. The van der Waals surface area contributed by atoms with Gasteiger partial charge >= 0.3 is 6.03 Å². The Kier molecular flexibility index (Phi) is 5.04. The smallest absolute Gasteiger partial charge is 0.332 e. The Bertz CT molecular complexity index is 151. The van der Waals surface area contributed by atoms with Crippen molar-refractivity contribution in [2.75, 3.05) is 0 Å². The highest BCUT2D eigenvalue weighted by Gasteiger charge is 1.80. The van der Waals surface area contributed by atoms with Crippen LogP contribution in [0.1, 0.15) is 13.3 Å². The van der Waals surface area contributed by atoms with Crippen molar-refractivity contribution in [3.8, 4) is 0 Å². The molecule has 0 aromatic carbocycles. The van der Waals surface area contributed by atoms with Crippen LogP contribution in [0, 0.1) is 0 Å². The minimum Gasteiger partial charge on any atom is -0.350 e. The van der Waals surface area contributed by atoms with Crippen LogP contribution in [-0.4, -0.2) is 12.2 Å². The third kappa shape index (κ3) is 6.68. The molecule has 0 fully saturated rings. The van der Waals surface area contributed by atoms with Crippen molar-refractivity contribution >= 4 is 12.2 Å². The Hall–Kier alpha value is -1.32. The van der Waals surface area contributed by atoms with Crippen LogP contribution < -0.4 is 11.2 Å². The van der Waals surface area contributed by atoms with Gasteiger partial charge < -0.3 is 5.73 Å². The zero-order valence-corrected chi connectivity index (χ0v) is 5.87. The fraction of sp³-hybridized carbons (Fsp3) is 0.333. The van der Waals surface area contributed by atoms with E-state index < -0.39 is 6.03 Å². The van der Waals surface area contributed by atoms with Gasteiger partial charge in [-0.1, -0.05) is 12.2 Å². The summed E-state index contributed by atoms with van der Waals surface area (Å²) in [6, 6.07) is -0.642. The molecule has 0 saturated carbocycles. The van der Waals surface area contributed by atoms with Crippen LogP contribution in [0.25, 0.3) is 0 Å². The number of carbonyl (C=O) groups is 1. The van der Waals surface area contributed by atoms with Crippen molar-refractivity contribution in [3.63, 3.8) is 0 Å². The summed E-state index contributed by atoms with van der Waals surface area (Å²) < 4.78 is 0. The molecule has 0 heterocycles. The van der Waals surface area contributed by atoms with Crippen molar-refractivity contribution in [1.29, 1.82) is 0 Å². The van der Waals surface area contributed by atoms with E-state index in [2.05, 4.69) is 10.5 Å². The van der Waals surface area contributed by atoms with E-state index in [9.17, 15) is 4.79 Å². The fourth-order valence-electron chi connectivity index (χ4n) is 0.359. The number of amides is 2. The lowest BCUT2D eigenvalue weighted by Crippen LogP contribution is -2.24. The number of nitrogens with zero attached hydrogens (tertiary/aromatic N) is 1. The molecule has 0 radical (unpaired) electrons. The minimum absolute atomic E-state index is 0.642. The molecule has 0 aliphatic carbocycles. The number of hydrogen-bond acceptors (Lipinski definition) is 2. The normalized spacial score (nSPS) is 10.9. The van der Waals surface area contributed by atoms with Crippen molar-refractivity contribution in [2.45, 2.75) is 13.3 Å². The number of hydrogen-bond donors (Lipinski definition) is 2. The molecule has 10 heavy (non-hydrogen) atoms. The summed E-state index contributed by atoms with van der Waals surface area (Å²) in [4.78, 5) is 10.0. The summed E-state index contributed by atoms with van der Waals surface area (Å²) in [5.74, 6) is 0. The van der Waals surface area contributed by atoms with Crippen LogP contribution in [0.5, 0.6) is 0 Å². The first-order valence-corrected chi connectivity index (χ1v) is 2.95. The van der Waals surface area contributed by atoms with Crippen LogP contribution in [-0.2, 0) is 0 Å². The Morgan fingerprint density at radius 3 is 3.00 bits per heavy atom. The quantitative estimate of drug-likeness (QED) is 0.337. The predicted molar refractivity (Wildman–Crippen MR) is 40.6 cm³/mol. The highest BCUT2D eigenvalue weighted by molar-refractivity contribution is 5.72. The standard InChI is InChI=1S/C6H11N3O/c1-2-3-4-5-8-9-6(7)10/h2-3,5H,4H2,1H3,(H3,7,9,10)/b3-2+,8-5+. The van der Waals surface area contributed by atoms with E-state index in [1.807, 2.05) is 19.1 Å². The van der Waals surface area contributed by atoms with E-state index in [1.165, 1.54) is 0 Å². The Morgan fingerprint density at radius 1 is 1.80 bits per heavy atom. The van der Waals surface area contributed by atoms with Crippen molar-refractivity contribution in [2.24, 2.45) is 10.8 Å². The third-order valence-corrected chi connectivity index (χ3v) is 0.743. The monoisotopic (exact) mass is 141 g/mol. The fourth-order valence-corrected chi connectivity index (χ4v) is 0.359. The number of primary amides is 1. The summed E-state index contributed by atoms with van der Waals surface area (Å²) in [6.45, 7) is 1.91. The molecule has 0 aliphatic heterocycles. The maximum Gasteiger partial charge on any atom is 0.332 e. The van der Waals surface area contributed by atoms with Gasteiger partial charge in [0.1, 0.15) is 0 Å². The molecule has 0 aromatic rings. The minimum atomic E-state index is -0.642. The van der Waals surface area contributed by atoms with Crippen LogP contribution in [0.4, 0.5) is 4.79 Å². The molecule has 4 heteroatoms. The average Bonchev–Trinajstić information content (AvgIpc) is 1.87. The number of urea groups is 1. The second-order valence-corrected chi connectivity index (χ2v) is 1.59. The summed E-state index contributed by atoms with van der Waals surface area (Å²) >= 11 is 0. The van der Waals surface area contributed by atoms with Gasteiger partial charge in [-0.25, -0.2) is 10.2 Å². The van der Waals surface area contributed by atoms with Crippen LogP contribution in [0.15, 0.2) is 17.3 Å². The van der Waals surface area contributed by atoms with Gasteiger partial charge in [0.2, 0.25) is 0 Å². The van der Waals surface area contributed by atoms with Gasteiger partial charge in [0, 0.05) is 12.6 Å². The van der Waals surface area contributed by atoms with Gasteiger partial charge in [-0.15, -0.1) is 0 Å². The number of carbonyl (C=O) groups excluding carboxylic acids is 1. The first-order chi connectivity index (χ1) is 4.77.